The molecule has 5 nitrogen and oxygen atoms in total. The number of ether oxygens (including phenoxy) is 2. The third-order valence-electron chi connectivity index (χ3n) is 4.29. The molecule has 0 aliphatic heterocycles. The standard InChI is InChI=1S/C24H17Cl3N2O3/c1-31-23-9-16(4-7-22(23)32-14-15-2-5-18(25)6-3-15)8-17(13-28)24(30)29-21-11-19(26)10-20(27)12-21/h2-12H,14H2,1H3,(H,29,30)/b17-8+. The van der Waals surface area contributed by atoms with E-state index in [0.29, 0.717) is 44.4 Å². The van der Waals surface area contributed by atoms with Gasteiger partial charge >= 0.3 is 0 Å². The van der Waals surface area contributed by atoms with E-state index in [0.717, 1.165) is 5.56 Å². The quantitative estimate of drug-likeness (QED) is 0.294. The van der Waals surface area contributed by atoms with Gasteiger partial charge in [0.15, 0.2) is 11.5 Å². The van der Waals surface area contributed by atoms with Crippen molar-refractivity contribution in [2.24, 2.45) is 0 Å². The highest BCUT2D eigenvalue weighted by atomic mass is 35.5. The topological polar surface area (TPSA) is 71.3 Å². The van der Waals surface area contributed by atoms with Crippen molar-refractivity contribution in [1.29, 1.82) is 5.26 Å². The highest BCUT2D eigenvalue weighted by Gasteiger charge is 2.12. The minimum atomic E-state index is -0.590. The average molecular weight is 488 g/mol. The van der Waals surface area contributed by atoms with Gasteiger partial charge in [-0.15, -0.1) is 0 Å². The molecule has 3 rings (SSSR count). The summed E-state index contributed by atoms with van der Waals surface area (Å²) < 4.78 is 11.2. The van der Waals surface area contributed by atoms with Gasteiger partial charge in [0.25, 0.3) is 5.91 Å². The van der Waals surface area contributed by atoms with Crippen molar-refractivity contribution in [1.82, 2.24) is 0 Å². The summed E-state index contributed by atoms with van der Waals surface area (Å²) in [5, 5.41) is 13.5. The predicted molar refractivity (Wildman–Crippen MR) is 127 cm³/mol. The number of hydrogen-bond donors (Lipinski definition) is 1. The molecule has 1 amide bonds. The number of halogens is 3. The van der Waals surface area contributed by atoms with Gasteiger partial charge in [-0.1, -0.05) is 53.0 Å². The molecule has 0 bridgehead atoms. The number of amides is 1. The number of carbonyl (C=O) groups is 1. The monoisotopic (exact) mass is 486 g/mol. The van der Waals surface area contributed by atoms with Crippen molar-refractivity contribution in [3.8, 4) is 17.6 Å². The minimum absolute atomic E-state index is 0.0991. The zero-order valence-corrected chi connectivity index (χ0v) is 19.1. The van der Waals surface area contributed by atoms with Crippen LogP contribution in [0.1, 0.15) is 11.1 Å². The van der Waals surface area contributed by atoms with Crippen LogP contribution in [0.25, 0.3) is 6.08 Å². The lowest BCUT2D eigenvalue weighted by Gasteiger charge is -2.12. The third-order valence-corrected chi connectivity index (χ3v) is 4.98. The first kappa shape index (κ1) is 23.5. The number of anilines is 1. The normalized spacial score (nSPS) is 10.9. The number of hydrogen-bond acceptors (Lipinski definition) is 4. The molecular formula is C24H17Cl3N2O3. The van der Waals surface area contributed by atoms with Crippen LogP contribution >= 0.6 is 34.8 Å². The zero-order chi connectivity index (χ0) is 23.1. The third kappa shape index (κ3) is 6.41. The molecule has 3 aromatic carbocycles. The Hall–Kier alpha value is -3.17. The number of rotatable bonds is 7. The molecule has 0 aromatic heterocycles. The molecule has 0 saturated carbocycles. The Morgan fingerprint density at radius 1 is 0.969 bits per heavy atom. The van der Waals surface area contributed by atoms with Gasteiger partial charge in [-0.2, -0.15) is 5.26 Å². The van der Waals surface area contributed by atoms with Gasteiger partial charge in [-0.25, -0.2) is 0 Å². The summed E-state index contributed by atoms with van der Waals surface area (Å²) >= 11 is 17.8. The van der Waals surface area contributed by atoms with E-state index in [1.54, 1.807) is 36.4 Å². The Morgan fingerprint density at radius 3 is 2.28 bits per heavy atom. The summed E-state index contributed by atoms with van der Waals surface area (Å²) in [4.78, 5) is 12.5. The van der Waals surface area contributed by atoms with E-state index in [-0.39, 0.29) is 5.57 Å². The molecule has 0 spiro atoms. The molecule has 3 aromatic rings. The SMILES string of the molecule is COc1cc(/C=C(\C#N)C(=O)Nc2cc(Cl)cc(Cl)c2)ccc1OCc1ccc(Cl)cc1. The van der Waals surface area contributed by atoms with Crippen LogP contribution in [0.4, 0.5) is 5.69 Å². The maximum atomic E-state index is 12.5. The molecule has 0 fully saturated rings. The lowest BCUT2D eigenvalue weighted by molar-refractivity contribution is -0.112. The predicted octanol–water partition coefficient (Wildman–Crippen LogP) is 6.78. The van der Waals surface area contributed by atoms with Crippen LogP contribution in [0.5, 0.6) is 11.5 Å². The second kappa shape index (κ2) is 10.9. The summed E-state index contributed by atoms with van der Waals surface area (Å²) in [7, 11) is 1.51. The highest BCUT2D eigenvalue weighted by Crippen LogP contribution is 2.30. The molecule has 0 heterocycles. The first-order valence-corrected chi connectivity index (χ1v) is 10.5. The number of carbonyl (C=O) groups excluding carboxylic acids is 1. The van der Waals surface area contributed by atoms with Gasteiger partial charge in [0.05, 0.1) is 7.11 Å². The first-order valence-electron chi connectivity index (χ1n) is 9.32. The summed E-state index contributed by atoms with van der Waals surface area (Å²) in [6.07, 6.45) is 1.45. The maximum absolute atomic E-state index is 12.5. The Labute approximate surface area is 200 Å². The second-order valence-electron chi connectivity index (χ2n) is 6.61. The van der Waals surface area contributed by atoms with E-state index >= 15 is 0 Å². The summed E-state index contributed by atoms with van der Waals surface area (Å²) in [5.41, 5.74) is 1.83. The number of methoxy groups -OCH3 is 1. The van der Waals surface area contributed by atoms with Gasteiger partial charge in [0, 0.05) is 20.8 Å². The van der Waals surface area contributed by atoms with Gasteiger partial charge in [0.2, 0.25) is 0 Å². The van der Waals surface area contributed by atoms with Gasteiger partial charge in [-0.05, 0) is 59.7 Å². The highest BCUT2D eigenvalue weighted by molar-refractivity contribution is 6.35. The number of nitrogens with one attached hydrogen (secondary N) is 1. The largest absolute Gasteiger partial charge is 0.493 e. The van der Waals surface area contributed by atoms with Gasteiger partial charge in [-0.3, -0.25) is 4.79 Å². The van der Waals surface area contributed by atoms with E-state index < -0.39 is 5.91 Å². The molecule has 0 saturated heterocycles. The van der Waals surface area contributed by atoms with Crippen LogP contribution in [0.15, 0.2) is 66.2 Å². The Balaban J connectivity index is 1.76. The van der Waals surface area contributed by atoms with Crippen LogP contribution < -0.4 is 14.8 Å². The van der Waals surface area contributed by atoms with E-state index in [4.69, 9.17) is 44.3 Å². The second-order valence-corrected chi connectivity index (χ2v) is 7.92. The molecule has 0 unspecified atom stereocenters. The van der Waals surface area contributed by atoms with Gasteiger partial charge in [0.1, 0.15) is 18.2 Å². The molecule has 0 radical (unpaired) electrons. The lowest BCUT2D eigenvalue weighted by Crippen LogP contribution is -2.13. The van der Waals surface area contributed by atoms with Crippen molar-refractivity contribution < 1.29 is 14.3 Å². The molecule has 1 N–H and O–H groups in total. The minimum Gasteiger partial charge on any atom is -0.493 e. The van der Waals surface area contributed by atoms with E-state index in [1.165, 1.54) is 25.3 Å². The van der Waals surface area contributed by atoms with Crippen molar-refractivity contribution in [3.63, 3.8) is 0 Å². The number of benzene rings is 3. The van der Waals surface area contributed by atoms with Gasteiger partial charge < -0.3 is 14.8 Å². The lowest BCUT2D eigenvalue weighted by atomic mass is 10.1. The summed E-state index contributed by atoms with van der Waals surface area (Å²) in [6, 6.07) is 19.0. The average Bonchev–Trinajstić information content (AvgIpc) is 2.76. The van der Waals surface area contributed by atoms with Crippen molar-refractivity contribution in [2.45, 2.75) is 6.61 Å². The molecule has 0 atom stereocenters. The Kier molecular flexibility index (Phi) is 8.02. The fourth-order valence-electron chi connectivity index (χ4n) is 2.77. The molecule has 32 heavy (non-hydrogen) atoms. The van der Waals surface area contributed by atoms with E-state index in [1.807, 2.05) is 18.2 Å². The fourth-order valence-corrected chi connectivity index (χ4v) is 3.43. The van der Waals surface area contributed by atoms with Crippen LogP contribution in [0, 0.1) is 11.3 Å². The molecule has 162 valence electrons. The molecular weight excluding hydrogens is 471 g/mol. The molecule has 0 aliphatic carbocycles. The van der Waals surface area contributed by atoms with E-state index in [9.17, 15) is 10.1 Å². The maximum Gasteiger partial charge on any atom is 0.266 e. The Morgan fingerprint density at radius 2 is 1.66 bits per heavy atom. The van der Waals surface area contributed by atoms with Crippen LogP contribution in [0.3, 0.4) is 0 Å². The smallest absolute Gasteiger partial charge is 0.266 e. The van der Waals surface area contributed by atoms with Crippen LogP contribution in [-0.4, -0.2) is 13.0 Å². The molecule has 8 heteroatoms. The van der Waals surface area contributed by atoms with E-state index in [2.05, 4.69) is 5.32 Å². The number of nitriles is 1. The Bertz CT molecular complexity index is 1180. The van der Waals surface area contributed by atoms with Crippen molar-refractivity contribution in [3.05, 3.63) is 92.4 Å². The van der Waals surface area contributed by atoms with Crippen LogP contribution in [-0.2, 0) is 11.4 Å². The molecule has 0 aliphatic rings. The summed E-state index contributed by atoms with van der Waals surface area (Å²) in [6.45, 7) is 0.330. The summed E-state index contributed by atoms with van der Waals surface area (Å²) in [5.74, 6) is 0.399. The van der Waals surface area contributed by atoms with Crippen LogP contribution in [0.2, 0.25) is 15.1 Å². The van der Waals surface area contributed by atoms with Crippen molar-refractivity contribution in [2.75, 3.05) is 12.4 Å². The zero-order valence-electron chi connectivity index (χ0n) is 16.9. The first-order chi connectivity index (χ1) is 15.4. The van der Waals surface area contributed by atoms with Crippen molar-refractivity contribution >= 4 is 52.5 Å². The fraction of sp³-hybridized carbons (Fsp3) is 0.0833. The number of nitrogens with zero attached hydrogens (tertiary/aromatic N) is 1.